The van der Waals surface area contributed by atoms with Gasteiger partial charge in [0, 0.05) is 19.0 Å². The first kappa shape index (κ1) is 20.4. The molecule has 0 spiro atoms. The zero-order chi connectivity index (χ0) is 22.8. The van der Waals surface area contributed by atoms with E-state index in [-0.39, 0.29) is 11.6 Å². The number of nitriles is 1. The molecule has 1 unspecified atom stereocenters. The van der Waals surface area contributed by atoms with Crippen LogP contribution < -0.4 is 10.6 Å². The van der Waals surface area contributed by atoms with E-state index in [1.807, 2.05) is 89.9 Å². The summed E-state index contributed by atoms with van der Waals surface area (Å²) in [6.07, 6.45) is 0.671. The van der Waals surface area contributed by atoms with Gasteiger partial charge in [-0.15, -0.1) is 0 Å². The third-order valence-corrected chi connectivity index (χ3v) is 5.83. The molecule has 5 rings (SSSR count). The summed E-state index contributed by atoms with van der Waals surface area (Å²) in [5, 5.41) is 16.5. The van der Waals surface area contributed by atoms with Crippen LogP contribution in [0.15, 0.2) is 101 Å². The molecule has 2 heterocycles. The van der Waals surface area contributed by atoms with E-state index < -0.39 is 5.56 Å². The molecule has 0 aliphatic carbocycles. The summed E-state index contributed by atoms with van der Waals surface area (Å²) in [6, 6.07) is 31.3. The first-order valence-corrected chi connectivity index (χ1v) is 10.7. The Balaban J connectivity index is 1.71. The molecule has 0 radical (unpaired) electrons. The Kier molecular flexibility index (Phi) is 5.29. The lowest BCUT2D eigenvalue weighted by Gasteiger charge is -2.25. The molecule has 160 valence electrons. The Morgan fingerprint density at radius 1 is 0.879 bits per heavy atom. The molecular formula is C27H21N5O. The van der Waals surface area contributed by atoms with Crippen molar-refractivity contribution in [2.45, 2.75) is 12.5 Å². The van der Waals surface area contributed by atoms with Crippen molar-refractivity contribution in [1.82, 2.24) is 9.55 Å². The first-order valence-electron chi connectivity index (χ1n) is 10.7. The van der Waals surface area contributed by atoms with Crippen LogP contribution in [0.3, 0.4) is 0 Å². The first-order chi connectivity index (χ1) is 16.2. The van der Waals surface area contributed by atoms with Gasteiger partial charge in [-0.1, -0.05) is 91.0 Å². The second-order valence-electron chi connectivity index (χ2n) is 7.87. The molecule has 0 saturated heterocycles. The second-order valence-corrected chi connectivity index (χ2v) is 7.87. The van der Waals surface area contributed by atoms with Crippen LogP contribution in [0.1, 0.15) is 29.2 Å². The van der Waals surface area contributed by atoms with Gasteiger partial charge in [-0.2, -0.15) is 10.4 Å². The highest BCUT2D eigenvalue weighted by Gasteiger charge is 2.33. The number of anilines is 1. The standard InChI is InChI=1S/C27H21N5O/c1-31-26(33)22(18-28)25(21-15-9-4-10-16-21)29-27(31)32-24(20-13-7-3-8-14-20)17-23(30-32)19-11-5-2-6-12-19/h2-16,24H,17H2,1H3. The second kappa shape index (κ2) is 8.56. The smallest absolute Gasteiger partial charge is 0.273 e. The summed E-state index contributed by atoms with van der Waals surface area (Å²) in [4.78, 5) is 18.0. The third kappa shape index (κ3) is 3.70. The minimum absolute atomic E-state index is 0.0233. The molecular weight excluding hydrogens is 410 g/mol. The number of hydrogen-bond donors (Lipinski definition) is 0. The lowest BCUT2D eigenvalue weighted by Crippen LogP contribution is -2.31. The molecule has 6 nitrogen and oxygen atoms in total. The highest BCUT2D eigenvalue weighted by molar-refractivity contribution is 6.03. The number of nitrogens with zero attached hydrogens (tertiary/aromatic N) is 5. The van der Waals surface area contributed by atoms with E-state index in [0.29, 0.717) is 18.1 Å². The fourth-order valence-electron chi connectivity index (χ4n) is 4.14. The molecule has 3 aromatic carbocycles. The largest absolute Gasteiger partial charge is 0.279 e. The lowest BCUT2D eigenvalue weighted by molar-refractivity contribution is 0.652. The molecule has 0 amide bonds. The van der Waals surface area contributed by atoms with Gasteiger partial charge in [0.1, 0.15) is 11.6 Å². The van der Waals surface area contributed by atoms with Gasteiger partial charge in [-0.3, -0.25) is 9.36 Å². The highest BCUT2D eigenvalue weighted by atomic mass is 16.1. The molecule has 0 bridgehead atoms. The van der Waals surface area contributed by atoms with Crippen LogP contribution in [-0.2, 0) is 7.05 Å². The Morgan fingerprint density at radius 2 is 1.45 bits per heavy atom. The Labute approximate surface area is 191 Å². The van der Waals surface area contributed by atoms with Crippen LogP contribution in [0.4, 0.5) is 5.95 Å². The van der Waals surface area contributed by atoms with E-state index >= 15 is 0 Å². The van der Waals surface area contributed by atoms with Crippen molar-refractivity contribution in [3.8, 4) is 17.3 Å². The van der Waals surface area contributed by atoms with Gasteiger partial charge in [-0.05, 0) is 11.1 Å². The molecule has 33 heavy (non-hydrogen) atoms. The van der Waals surface area contributed by atoms with Gasteiger partial charge in [-0.25, -0.2) is 9.99 Å². The van der Waals surface area contributed by atoms with E-state index in [2.05, 4.69) is 12.1 Å². The van der Waals surface area contributed by atoms with E-state index in [1.54, 1.807) is 7.05 Å². The summed E-state index contributed by atoms with van der Waals surface area (Å²) in [5.41, 5.74) is 3.74. The number of aromatic nitrogens is 2. The van der Waals surface area contributed by atoms with Crippen molar-refractivity contribution in [3.05, 3.63) is 118 Å². The molecule has 6 heteroatoms. The number of hydrazone groups is 1. The van der Waals surface area contributed by atoms with Gasteiger partial charge in [0.25, 0.3) is 5.56 Å². The number of hydrogen-bond acceptors (Lipinski definition) is 5. The van der Waals surface area contributed by atoms with E-state index in [0.717, 1.165) is 22.4 Å². The number of benzene rings is 3. The van der Waals surface area contributed by atoms with Crippen LogP contribution in [0, 0.1) is 11.3 Å². The fourth-order valence-corrected chi connectivity index (χ4v) is 4.14. The van der Waals surface area contributed by atoms with Gasteiger partial charge in [0.15, 0.2) is 0 Å². The monoisotopic (exact) mass is 431 g/mol. The molecule has 1 atom stereocenters. The van der Waals surface area contributed by atoms with Crippen LogP contribution in [0.5, 0.6) is 0 Å². The van der Waals surface area contributed by atoms with Crippen molar-refractivity contribution in [1.29, 1.82) is 5.26 Å². The van der Waals surface area contributed by atoms with Crippen LogP contribution in [0.2, 0.25) is 0 Å². The predicted molar refractivity (Wildman–Crippen MR) is 129 cm³/mol. The number of rotatable bonds is 4. The topological polar surface area (TPSA) is 74.3 Å². The zero-order valence-corrected chi connectivity index (χ0v) is 18.1. The maximum absolute atomic E-state index is 13.2. The van der Waals surface area contributed by atoms with Crippen molar-refractivity contribution >= 4 is 11.7 Å². The molecule has 4 aromatic rings. The predicted octanol–water partition coefficient (Wildman–Crippen LogP) is 4.67. The molecule has 1 aliphatic heterocycles. The molecule has 0 N–H and O–H groups in total. The van der Waals surface area contributed by atoms with Crippen molar-refractivity contribution in [3.63, 3.8) is 0 Å². The molecule has 1 aliphatic rings. The molecule has 0 saturated carbocycles. The summed E-state index contributed by atoms with van der Waals surface area (Å²) in [5.74, 6) is 0.401. The van der Waals surface area contributed by atoms with Crippen LogP contribution >= 0.6 is 0 Å². The quantitative estimate of drug-likeness (QED) is 0.470. The summed E-state index contributed by atoms with van der Waals surface area (Å²) in [6.45, 7) is 0. The van der Waals surface area contributed by atoms with E-state index in [4.69, 9.17) is 10.1 Å². The maximum atomic E-state index is 13.2. The average Bonchev–Trinajstić information content (AvgIpc) is 3.32. The fraction of sp³-hybridized carbons (Fsp3) is 0.111. The van der Waals surface area contributed by atoms with Crippen molar-refractivity contribution in [2.75, 3.05) is 5.01 Å². The summed E-state index contributed by atoms with van der Waals surface area (Å²) < 4.78 is 1.42. The SMILES string of the molecule is Cn1c(N2N=C(c3ccccc3)CC2c2ccccc2)nc(-c2ccccc2)c(C#N)c1=O. The summed E-state index contributed by atoms with van der Waals surface area (Å²) in [7, 11) is 1.64. The Bertz CT molecular complexity index is 1420. The van der Waals surface area contributed by atoms with Gasteiger partial charge in [0.05, 0.1) is 17.4 Å². The third-order valence-electron chi connectivity index (χ3n) is 5.83. The maximum Gasteiger partial charge on any atom is 0.273 e. The van der Waals surface area contributed by atoms with Crippen molar-refractivity contribution in [2.24, 2.45) is 12.1 Å². The van der Waals surface area contributed by atoms with E-state index in [9.17, 15) is 10.1 Å². The van der Waals surface area contributed by atoms with Gasteiger partial charge >= 0.3 is 0 Å². The molecule has 0 fully saturated rings. The summed E-state index contributed by atoms with van der Waals surface area (Å²) >= 11 is 0. The average molecular weight is 431 g/mol. The minimum atomic E-state index is -0.392. The lowest BCUT2D eigenvalue weighted by atomic mass is 9.98. The Morgan fingerprint density at radius 3 is 2.06 bits per heavy atom. The van der Waals surface area contributed by atoms with Crippen LogP contribution in [0.25, 0.3) is 11.3 Å². The van der Waals surface area contributed by atoms with Gasteiger partial charge < -0.3 is 0 Å². The van der Waals surface area contributed by atoms with E-state index in [1.165, 1.54) is 4.57 Å². The minimum Gasteiger partial charge on any atom is -0.279 e. The zero-order valence-electron chi connectivity index (χ0n) is 18.1. The van der Waals surface area contributed by atoms with Crippen LogP contribution in [-0.4, -0.2) is 15.3 Å². The molecule has 1 aromatic heterocycles. The highest BCUT2D eigenvalue weighted by Crippen LogP contribution is 2.36. The Hall–Kier alpha value is -4.50. The van der Waals surface area contributed by atoms with Crippen molar-refractivity contribution < 1.29 is 0 Å². The normalized spacial score (nSPS) is 15.2. The van der Waals surface area contributed by atoms with Gasteiger partial charge in [0.2, 0.25) is 5.95 Å².